The van der Waals surface area contributed by atoms with Crippen LogP contribution in [0.2, 0.25) is 0 Å². The molecule has 0 radical (unpaired) electrons. The van der Waals surface area contributed by atoms with Crippen LogP contribution in [0.5, 0.6) is 0 Å². The Morgan fingerprint density at radius 3 is 2.16 bits per heavy atom. The number of rotatable bonds is 1. The number of hydrogen-bond acceptors (Lipinski definition) is 2. The molecule has 2 fully saturated rings. The first-order valence-corrected chi connectivity index (χ1v) is 7.45. The zero-order chi connectivity index (χ0) is 13.8. The maximum absolute atomic E-state index is 13.8. The third-order valence-electron chi connectivity index (χ3n) is 4.11. The summed E-state index contributed by atoms with van der Waals surface area (Å²) in [7, 11) is -1.01. The Hall–Kier alpha value is -0.880. The molecule has 3 rings (SSSR count). The molecule has 2 atom stereocenters. The lowest BCUT2D eigenvalue weighted by atomic mass is 9.85. The molecule has 19 heavy (non-hydrogen) atoms. The summed E-state index contributed by atoms with van der Waals surface area (Å²) in [4.78, 5) is 0. The quantitative estimate of drug-likeness (QED) is 0.806. The molecule has 1 N–H and O–H groups in total. The van der Waals surface area contributed by atoms with Gasteiger partial charge < -0.3 is 5.11 Å². The normalized spacial score (nSPS) is 37.6. The van der Waals surface area contributed by atoms with E-state index < -0.39 is 33.9 Å². The van der Waals surface area contributed by atoms with Crippen molar-refractivity contribution in [3.63, 3.8) is 0 Å². The van der Waals surface area contributed by atoms with E-state index in [1.165, 1.54) is 0 Å². The van der Waals surface area contributed by atoms with Gasteiger partial charge >= 0.3 is 0 Å². The van der Waals surface area contributed by atoms with E-state index in [2.05, 4.69) is 0 Å². The summed E-state index contributed by atoms with van der Waals surface area (Å²) in [5.41, 5.74) is -1.77. The molecule has 2 aliphatic rings. The fourth-order valence-corrected chi connectivity index (χ4v) is 5.34. The largest absolute Gasteiger partial charge is 0.385 e. The van der Waals surface area contributed by atoms with E-state index in [9.17, 15) is 22.5 Å². The highest BCUT2D eigenvalue weighted by molar-refractivity contribution is 7.86. The Morgan fingerprint density at radius 1 is 1.05 bits per heavy atom. The first-order valence-electron chi connectivity index (χ1n) is 6.17. The topological polar surface area (TPSA) is 37.3 Å². The molecule has 0 saturated carbocycles. The molecule has 2 aliphatic heterocycles. The summed E-state index contributed by atoms with van der Waals surface area (Å²) in [5, 5.41) is 10.2. The first-order chi connectivity index (χ1) is 8.90. The van der Waals surface area contributed by atoms with E-state index in [0.717, 1.165) is 18.9 Å². The number of hydrogen-bond donors (Lipinski definition) is 1. The fraction of sp³-hybridized carbons (Fsp3) is 0.538. The summed E-state index contributed by atoms with van der Waals surface area (Å²) < 4.78 is 51.9. The first kappa shape index (κ1) is 13.1. The molecule has 0 amide bonds. The van der Waals surface area contributed by atoms with Crippen LogP contribution >= 0.6 is 0 Å². The number of fused-ring (bicyclic) bond motifs is 2. The Bertz CT molecular complexity index is 545. The molecule has 1 aromatic carbocycles. The molecule has 2 unspecified atom stereocenters. The lowest BCUT2D eigenvalue weighted by Gasteiger charge is -2.36. The standard InChI is InChI=1S/C13H13F3O2S/c14-10-4-12(16)11(15)3-9(10)13(17)5-7-1-2-8(6-13)19(7)18/h3-4,7-8,17H,1-2,5-6H2. The van der Waals surface area contributed by atoms with Crippen LogP contribution in [-0.2, 0) is 16.4 Å². The van der Waals surface area contributed by atoms with Crippen LogP contribution in [0.3, 0.4) is 0 Å². The van der Waals surface area contributed by atoms with Crippen molar-refractivity contribution in [2.75, 3.05) is 0 Å². The summed E-state index contributed by atoms with van der Waals surface area (Å²) >= 11 is 0. The molecule has 2 heterocycles. The van der Waals surface area contributed by atoms with Gasteiger partial charge in [0.1, 0.15) is 5.82 Å². The van der Waals surface area contributed by atoms with E-state index in [1.807, 2.05) is 0 Å². The van der Waals surface area contributed by atoms with E-state index >= 15 is 0 Å². The third kappa shape index (κ3) is 2.01. The SMILES string of the molecule is O=S1C2CCC1CC(O)(c1cc(F)c(F)cc1F)C2. The minimum absolute atomic E-state index is 0.137. The minimum Gasteiger partial charge on any atom is -0.385 e. The van der Waals surface area contributed by atoms with Crippen LogP contribution in [0.1, 0.15) is 31.2 Å². The van der Waals surface area contributed by atoms with Crippen molar-refractivity contribution in [1.82, 2.24) is 0 Å². The van der Waals surface area contributed by atoms with Gasteiger partial charge in [-0.15, -0.1) is 0 Å². The van der Waals surface area contributed by atoms with Gasteiger partial charge in [0.25, 0.3) is 0 Å². The summed E-state index contributed by atoms with van der Waals surface area (Å²) in [6, 6.07) is 1.18. The number of halogens is 3. The molecular formula is C13H13F3O2S. The maximum Gasteiger partial charge on any atom is 0.161 e. The Morgan fingerprint density at radius 2 is 1.58 bits per heavy atom. The van der Waals surface area contributed by atoms with Crippen molar-refractivity contribution < 1.29 is 22.5 Å². The average Bonchev–Trinajstić information content (AvgIpc) is 2.59. The zero-order valence-electron chi connectivity index (χ0n) is 10.0. The molecule has 104 valence electrons. The van der Waals surface area contributed by atoms with E-state index in [1.54, 1.807) is 0 Å². The van der Waals surface area contributed by atoms with Gasteiger partial charge in [0, 0.05) is 32.9 Å². The predicted molar refractivity (Wildman–Crippen MR) is 64.4 cm³/mol. The van der Waals surface area contributed by atoms with Crippen LogP contribution in [0.25, 0.3) is 0 Å². The lowest BCUT2D eigenvalue weighted by Crippen LogP contribution is -2.41. The fourth-order valence-electron chi connectivity index (χ4n) is 3.18. The Kier molecular flexibility index (Phi) is 2.98. The van der Waals surface area contributed by atoms with Gasteiger partial charge in [-0.3, -0.25) is 4.21 Å². The lowest BCUT2D eigenvalue weighted by molar-refractivity contribution is 0.0146. The summed E-state index contributed by atoms with van der Waals surface area (Å²) in [6.45, 7) is 0. The van der Waals surface area contributed by atoms with Gasteiger partial charge in [0.15, 0.2) is 11.6 Å². The highest BCUT2D eigenvalue weighted by atomic mass is 32.2. The number of benzene rings is 1. The second kappa shape index (κ2) is 4.31. The van der Waals surface area contributed by atoms with Crippen LogP contribution in [-0.4, -0.2) is 19.8 Å². The van der Waals surface area contributed by atoms with Gasteiger partial charge in [0.2, 0.25) is 0 Å². The second-order valence-electron chi connectivity index (χ2n) is 5.34. The van der Waals surface area contributed by atoms with Gasteiger partial charge in [-0.2, -0.15) is 0 Å². The molecule has 1 aromatic rings. The van der Waals surface area contributed by atoms with Gasteiger partial charge in [-0.1, -0.05) is 0 Å². The highest BCUT2D eigenvalue weighted by Crippen LogP contribution is 2.46. The van der Waals surface area contributed by atoms with Crippen molar-refractivity contribution in [3.8, 4) is 0 Å². The molecule has 0 aromatic heterocycles. The van der Waals surface area contributed by atoms with Crippen LogP contribution < -0.4 is 0 Å². The Labute approximate surface area is 111 Å². The highest BCUT2D eigenvalue weighted by Gasteiger charge is 2.49. The smallest absolute Gasteiger partial charge is 0.161 e. The third-order valence-corrected chi connectivity index (χ3v) is 6.23. The molecule has 2 bridgehead atoms. The maximum atomic E-state index is 13.8. The van der Waals surface area contributed by atoms with Crippen molar-refractivity contribution in [3.05, 3.63) is 35.1 Å². The zero-order valence-corrected chi connectivity index (χ0v) is 10.9. The van der Waals surface area contributed by atoms with E-state index in [0.29, 0.717) is 6.07 Å². The molecule has 2 nitrogen and oxygen atoms in total. The van der Waals surface area contributed by atoms with Gasteiger partial charge in [-0.25, -0.2) is 13.2 Å². The van der Waals surface area contributed by atoms with Crippen LogP contribution in [0, 0.1) is 17.5 Å². The van der Waals surface area contributed by atoms with E-state index in [4.69, 9.17) is 0 Å². The van der Waals surface area contributed by atoms with Crippen molar-refractivity contribution in [1.29, 1.82) is 0 Å². The van der Waals surface area contributed by atoms with Gasteiger partial charge in [-0.05, 0) is 31.7 Å². The Balaban J connectivity index is 2.02. The van der Waals surface area contributed by atoms with Gasteiger partial charge in [0.05, 0.1) is 5.60 Å². The average molecular weight is 290 g/mol. The summed E-state index contributed by atoms with van der Waals surface area (Å²) in [5.74, 6) is -3.40. The minimum atomic E-state index is -1.54. The van der Waals surface area contributed by atoms with Crippen LogP contribution in [0.4, 0.5) is 13.2 Å². The molecule has 6 heteroatoms. The second-order valence-corrected chi connectivity index (χ2v) is 7.33. The molecule has 2 saturated heterocycles. The van der Waals surface area contributed by atoms with Crippen molar-refractivity contribution >= 4 is 10.8 Å². The number of aliphatic hydroxyl groups is 1. The molecule has 0 aliphatic carbocycles. The van der Waals surface area contributed by atoms with Crippen molar-refractivity contribution in [2.24, 2.45) is 0 Å². The predicted octanol–water partition coefficient (Wildman–Crippen LogP) is 2.37. The van der Waals surface area contributed by atoms with Crippen LogP contribution in [0.15, 0.2) is 12.1 Å². The molecule has 0 spiro atoms. The van der Waals surface area contributed by atoms with Crippen molar-refractivity contribution in [2.45, 2.75) is 41.8 Å². The molecular weight excluding hydrogens is 277 g/mol. The van der Waals surface area contributed by atoms with E-state index in [-0.39, 0.29) is 28.9 Å². The monoisotopic (exact) mass is 290 g/mol. The summed E-state index contributed by atoms with van der Waals surface area (Å²) in [6.07, 6.45) is 1.73.